The van der Waals surface area contributed by atoms with Crippen molar-refractivity contribution in [3.8, 4) is 0 Å². The van der Waals surface area contributed by atoms with E-state index in [0.29, 0.717) is 29.3 Å². The highest BCUT2D eigenvalue weighted by Crippen LogP contribution is 2.38. The van der Waals surface area contributed by atoms with E-state index in [-0.39, 0.29) is 12.2 Å². The van der Waals surface area contributed by atoms with Crippen molar-refractivity contribution in [2.75, 3.05) is 26.6 Å². The second-order valence-corrected chi connectivity index (χ2v) is 6.45. The van der Waals surface area contributed by atoms with Crippen LogP contribution in [-0.4, -0.2) is 36.6 Å². The van der Waals surface area contributed by atoms with Crippen LogP contribution in [0.1, 0.15) is 38.0 Å². The van der Waals surface area contributed by atoms with Crippen LogP contribution in [0.4, 0.5) is 0 Å². The van der Waals surface area contributed by atoms with Gasteiger partial charge in [-0.3, -0.25) is 10.1 Å². The Hall–Kier alpha value is -1.37. The second kappa shape index (κ2) is 11.2. The Labute approximate surface area is 142 Å². The molecule has 0 saturated carbocycles. The van der Waals surface area contributed by atoms with Gasteiger partial charge in [0.05, 0.1) is 18.8 Å². The van der Waals surface area contributed by atoms with Crippen molar-refractivity contribution < 1.29 is 18.9 Å². The number of nitrogens with one attached hydrogen (secondary N) is 2. The number of ether oxygens (including phenoxy) is 1. The zero-order valence-electron chi connectivity index (χ0n) is 14.2. The Morgan fingerprint density at radius 2 is 2.25 bits per heavy atom. The van der Waals surface area contributed by atoms with Gasteiger partial charge in [-0.15, -0.1) is 4.52 Å². The molecule has 1 aromatic heterocycles. The number of aromatic amines is 1. The maximum atomic E-state index is 12.4. The highest BCUT2D eigenvalue weighted by molar-refractivity contribution is 7.39. The molecule has 0 spiro atoms. The summed E-state index contributed by atoms with van der Waals surface area (Å²) in [5.41, 5.74) is -0.0133. The number of pyridine rings is 1. The van der Waals surface area contributed by atoms with Gasteiger partial charge in [0.15, 0.2) is 0 Å². The molecule has 2 atom stereocenters. The van der Waals surface area contributed by atoms with Crippen LogP contribution in [0.25, 0.3) is 12.7 Å². The largest absolute Gasteiger partial charge is 0.532 e. The monoisotopic (exact) mass is 357 g/mol. The molecule has 0 radical (unpaired) electrons. The lowest BCUT2D eigenvalue weighted by atomic mass is 10.2. The number of H-pyrrole nitrogens is 1. The molecule has 134 valence electrons. The first-order valence-electron chi connectivity index (χ1n) is 7.98. The van der Waals surface area contributed by atoms with Crippen LogP contribution in [0.5, 0.6) is 0 Å². The summed E-state index contributed by atoms with van der Waals surface area (Å²) in [6, 6.07) is 1.64. The minimum absolute atomic E-state index is 0.177. The number of aliphatic hydroxyl groups is 1. The SMILES string of the molecule is C=c1[nH]c(=O)c(C(NCCCC)[P+](=O)OCC)cc1=CCOCO. The molecule has 0 amide bonds. The summed E-state index contributed by atoms with van der Waals surface area (Å²) < 4.78 is 22.5. The van der Waals surface area contributed by atoms with E-state index in [4.69, 9.17) is 14.4 Å². The van der Waals surface area contributed by atoms with Crippen molar-refractivity contribution in [2.45, 2.75) is 32.5 Å². The molecule has 0 bridgehead atoms. The van der Waals surface area contributed by atoms with Crippen LogP contribution in [0, 0.1) is 0 Å². The molecule has 7 nitrogen and oxygen atoms in total. The molecular formula is C16H26N2O5P+. The van der Waals surface area contributed by atoms with Gasteiger partial charge in [-0.2, -0.15) is 0 Å². The summed E-state index contributed by atoms with van der Waals surface area (Å²) in [7, 11) is -2.08. The molecule has 1 aromatic rings. The molecule has 1 heterocycles. The van der Waals surface area contributed by atoms with Gasteiger partial charge < -0.3 is 14.8 Å². The van der Waals surface area contributed by atoms with E-state index in [1.807, 2.05) is 0 Å². The van der Waals surface area contributed by atoms with E-state index in [1.165, 1.54) is 0 Å². The number of aliphatic hydroxyl groups excluding tert-OH is 1. The number of hydrogen-bond donors (Lipinski definition) is 3. The first kappa shape index (κ1) is 20.7. The van der Waals surface area contributed by atoms with E-state index < -0.39 is 20.6 Å². The molecule has 0 saturated heterocycles. The lowest BCUT2D eigenvalue weighted by molar-refractivity contribution is 0.0171. The van der Waals surface area contributed by atoms with Crippen LogP contribution in [-0.2, 0) is 13.8 Å². The number of rotatable bonds is 11. The summed E-state index contributed by atoms with van der Waals surface area (Å²) in [6.07, 6.45) is 3.58. The van der Waals surface area contributed by atoms with Crippen LogP contribution in [0.3, 0.4) is 0 Å². The summed E-state index contributed by atoms with van der Waals surface area (Å²) in [4.78, 5) is 15.0. The minimum Gasteiger partial charge on any atom is -0.371 e. The maximum Gasteiger partial charge on any atom is 0.532 e. The molecular weight excluding hydrogens is 331 g/mol. The van der Waals surface area contributed by atoms with E-state index in [0.717, 1.165) is 12.8 Å². The fourth-order valence-electron chi connectivity index (χ4n) is 2.10. The van der Waals surface area contributed by atoms with Gasteiger partial charge in [0.1, 0.15) is 6.79 Å². The average molecular weight is 357 g/mol. The van der Waals surface area contributed by atoms with E-state index >= 15 is 0 Å². The van der Waals surface area contributed by atoms with Crippen LogP contribution in [0.2, 0.25) is 0 Å². The zero-order valence-corrected chi connectivity index (χ0v) is 15.1. The van der Waals surface area contributed by atoms with Crippen molar-refractivity contribution in [2.24, 2.45) is 0 Å². The fraction of sp³-hybridized carbons (Fsp3) is 0.562. The molecule has 0 aliphatic carbocycles. The summed E-state index contributed by atoms with van der Waals surface area (Å²) >= 11 is 0. The Bertz CT molecular complexity index is 689. The van der Waals surface area contributed by atoms with Gasteiger partial charge in [-0.25, -0.2) is 0 Å². The molecule has 24 heavy (non-hydrogen) atoms. The minimum atomic E-state index is -2.08. The van der Waals surface area contributed by atoms with Crippen LogP contribution in [0.15, 0.2) is 10.9 Å². The quantitative estimate of drug-likeness (QED) is 0.306. The highest BCUT2D eigenvalue weighted by Gasteiger charge is 2.35. The molecule has 0 aliphatic heterocycles. The smallest absolute Gasteiger partial charge is 0.371 e. The highest BCUT2D eigenvalue weighted by atomic mass is 31.1. The predicted octanol–water partition coefficient (Wildman–Crippen LogP) is 0.699. The first-order chi connectivity index (χ1) is 11.5. The number of unbranched alkanes of at least 4 members (excludes halogenated alkanes) is 1. The normalized spacial score (nSPS) is 14.0. The van der Waals surface area contributed by atoms with E-state index in [2.05, 4.69) is 23.8 Å². The molecule has 1 rings (SSSR count). The lowest BCUT2D eigenvalue weighted by Gasteiger charge is -2.08. The fourth-order valence-corrected chi connectivity index (χ4v) is 3.20. The second-order valence-electron chi connectivity index (χ2n) is 5.11. The van der Waals surface area contributed by atoms with Crippen molar-refractivity contribution >= 4 is 20.7 Å². The molecule has 0 aromatic carbocycles. The third-order valence-corrected chi connectivity index (χ3v) is 4.72. The van der Waals surface area contributed by atoms with Crippen LogP contribution < -0.4 is 21.4 Å². The van der Waals surface area contributed by atoms with Gasteiger partial charge in [0, 0.05) is 5.35 Å². The summed E-state index contributed by atoms with van der Waals surface area (Å²) in [5.74, 6) is -0.693. The van der Waals surface area contributed by atoms with Gasteiger partial charge in [-0.05, 0) is 41.8 Å². The van der Waals surface area contributed by atoms with Gasteiger partial charge in [0.25, 0.3) is 11.3 Å². The van der Waals surface area contributed by atoms with E-state index in [9.17, 15) is 9.36 Å². The number of aromatic nitrogens is 1. The third-order valence-electron chi connectivity index (χ3n) is 3.33. The third kappa shape index (κ3) is 6.26. The van der Waals surface area contributed by atoms with Crippen molar-refractivity contribution in [3.05, 3.63) is 32.6 Å². The van der Waals surface area contributed by atoms with Gasteiger partial charge in [0.2, 0.25) is 0 Å². The van der Waals surface area contributed by atoms with Gasteiger partial charge >= 0.3 is 8.03 Å². The molecule has 0 aliphatic rings. The Morgan fingerprint density at radius 1 is 1.50 bits per heavy atom. The Balaban J connectivity index is 3.22. The number of hydrogen-bond acceptors (Lipinski definition) is 6. The summed E-state index contributed by atoms with van der Waals surface area (Å²) in [6.45, 7) is 8.31. The van der Waals surface area contributed by atoms with Crippen molar-refractivity contribution in [3.63, 3.8) is 0 Å². The molecule has 0 fully saturated rings. The first-order valence-corrected chi connectivity index (χ1v) is 9.23. The summed E-state index contributed by atoms with van der Waals surface area (Å²) in [5, 5.41) is 12.9. The predicted molar refractivity (Wildman–Crippen MR) is 94.2 cm³/mol. The lowest BCUT2D eigenvalue weighted by Crippen LogP contribution is -2.38. The zero-order chi connectivity index (χ0) is 17.9. The molecule has 2 unspecified atom stereocenters. The van der Waals surface area contributed by atoms with Crippen molar-refractivity contribution in [1.82, 2.24) is 10.3 Å². The van der Waals surface area contributed by atoms with Crippen molar-refractivity contribution in [1.29, 1.82) is 0 Å². The Kier molecular flexibility index (Phi) is 9.67. The standard InChI is InChI=1S/C16H25N2O5P/c1-4-6-8-17-16(24(21)23-5-2)14-10-13(7-9-22-11-19)12(3)18-15(14)20/h7,10,16-17,19H,3-6,8-9,11H2,1-2H3/p+1. The maximum absolute atomic E-state index is 12.4. The van der Waals surface area contributed by atoms with E-state index in [1.54, 1.807) is 19.1 Å². The molecule has 3 N–H and O–H groups in total. The topological polar surface area (TPSA) is 101 Å². The Morgan fingerprint density at radius 3 is 2.88 bits per heavy atom. The molecule has 8 heteroatoms. The van der Waals surface area contributed by atoms with Gasteiger partial charge in [-0.1, -0.05) is 19.9 Å². The average Bonchev–Trinajstić information content (AvgIpc) is 2.54. The van der Waals surface area contributed by atoms with Crippen LogP contribution >= 0.6 is 8.03 Å².